The van der Waals surface area contributed by atoms with Gasteiger partial charge in [0.2, 0.25) is 11.8 Å². The molecule has 1 aliphatic carbocycles. The fraction of sp³-hybridized carbons (Fsp3) is 0.524. The monoisotopic (exact) mass is 351 g/mol. The number of hydrogen-bond donors (Lipinski definition) is 1. The summed E-state index contributed by atoms with van der Waals surface area (Å²) in [5, 5.41) is 1.18. The minimum Gasteiger partial charge on any atom is -0.356 e. The zero-order valence-electron chi connectivity index (χ0n) is 15.2. The number of carbonyl (C=O) groups is 2. The molecule has 0 radical (unpaired) electrons. The molecule has 1 N–H and O–H groups in total. The van der Waals surface area contributed by atoms with Gasteiger partial charge in [0.15, 0.2) is 0 Å². The van der Waals surface area contributed by atoms with Crippen LogP contribution in [0.5, 0.6) is 0 Å². The Kier molecular flexibility index (Phi) is 3.59. The number of nitrogens with one attached hydrogen (secondary N) is 1. The maximum Gasteiger partial charge on any atom is 0.246 e. The van der Waals surface area contributed by atoms with Gasteiger partial charge in [-0.2, -0.15) is 0 Å². The van der Waals surface area contributed by atoms with Gasteiger partial charge in [-0.25, -0.2) is 0 Å². The van der Waals surface area contributed by atoms with Gasteiger partial charge in [-0.1, -0.05) is 37.5 Å². The highest BCUT2D eigenvalue weighted by atomic mass is 16.2. The van der Waals surface area contributed by atoms with E-state index in [1.807, 2.05) is 28.9 Å². The first-order valence-electron chi connectivity index (χ1n) is 9.86. The van der Waals surface area contributed by atoms with Crippen molar-refractivity contribution in [3.8, 4) is 0 Å². The number of rotatable bonds is 1. The summed E-state index contributed by atoms with van der Waals surface area (Å²) in [7, 11) is 0. The minimum absolute atomic E-state index is 0.0823. The molecular weight excluding hydrogens is 326 g/mol. The molecule has 1 aromatic heterocycles. The van der Waals surface area contributed by atoms with Gasteiger partial charge < -0.3 is 14.8 Å². The first-order chi connectivity index (χ1) is 12.6. The van der Waals surface area contributed by atoms with Crippen molar-refractivity contribution in [3.63, 3.8) is 0 Å². The molecule has 0 bridgehead atoms. The molecule has 2 amide bonds. The highest BCUT2D eigenvalue weighted by molar-refractivity contribution is 5.97. The number of aromatic amines is 1. The molecule has 5 heteroatoms. The summed E-state index contributed by atoms with van der Waals surface area (Å²) < 4.78 is 0. The van der Waals surface area contributed by atoms with Crippen LogP contribution in [0.3, 0.4) is 0 Å². The third-order valence-corrected chi connectivity index (χ3v) is 6.59. The van der Waals surface area contributed by atoms with E-state index in [9.17, 15) is 9.59 Å². The number of nitrogens with zero attached hydrogens (tertiary/aromatic N) is 2. The predicted octanol–water partition coefficient (Wildman–Crippen LogP) is 3.16. The van der Waals surface area contributed by atoms with E-state index in [0.717, 1.165) is 24.1 Å². The second-order valence-electron chi connectivity index (χ2n) is 8.02. The highest BCUT2D eigenvalue weighted by Crippen LogP contribution is 2.39. The number of benzene rings is 1. The predicted molar refractivity (Wildman–Crippen MR) is 99.6 cm³/mol. The van der Waals surface area contributed by atoms with Gasteiger partial charge in [0.05, 0.1) is 6.04 Å². The molecule has 1 saturated heterocycles. The van der Waals surface area contributed by atoms with Crippen molar-refractivity contribution in [2.45, 2.75) is 63.6 Å². The van der Waals surface area contributed by atoms with Crippen LogP contribution in [0.4, 0.5) is 0 Å². The van der Waals surface area contributed by atoms with E-state index in [0.29, 0.717) is 6.42 Å². The number of amides is 2. The molecule has 2 aromatic rings. The summed E-state index contributed by atoms with van der Waals surface area (Å²) in [6, 6.07) is 8.06. The molecule has 2 atom stereocenters. The minimum atomic E-state index is -0.347. The van der Waals surface area contributed by atoms with Gasteiger partial charge >= 0.3 is 0 Å². The summed E-state index contributed by atoms with van der Waals surface area (Å²) in [5.74, 6) is 0.247. The Balaban J connectivity index is 1.53. The third kappa shape index (κ3) is 2.22. The lowest BCUT2D eigenvalue weighted by molar-refractivity contribution is -0.162. The normalized spacial score (nSPS) is 27.0. The van der Waals surface area contributed by atoms with E-state index < -0.39 is 0 Å². The van der Waals surface area contributed by atoms with E-state index in [2.05, 4.69) is 17.1 Å². The van der Waals surface area contributed by atoms with Crippen LogP contribution in [0.25, 0.3) is 10.9 Å². The van der Waals surface area contributed by atoms with Crippen molar-refractivity contribution in [3.05, 3.63) is 35.5 Å². The molecule has 5 rings (SSSR count). The summed E-state index contributed by atoms with van der Waals surface area (Å²) in [4.78, 5) is 33.5. The first kappa shape index (κ1) is 15.9. The Morgan fingerprint density at radius 2 is 1.85 bits per heavy atom. The number of fused-ring (bicyclic) bond motifs is 4. The lowest BCUT2D eigenvalue weighted by atomic mass is 9.87. The van der Waals surface area contributed by atoms with Crippen molar-refractivity contribution in [2.75, 3.05) is 6.54 Å². The molecule has 136 valence electrons. The number of aromatic nitrogens is 1. The van der Waals surface area contributed by atoms with Gasteiger partial charge in [-0.05, 0) is 31.4 Å². The number of hydrogen-bond acceptors (Lipinski definition) is 2. The molecule has 2 aliphatic heterocycles. The van der Waals surface area contributed by atoms with Crippen LogP contribution in [-0.2, 0) is 16.0 Å². The molecule has 0 unspecified atom stereocenters. The van der Waals surface area contributed by atoms with Crippen LogP contribution in [0, 0.1) is 0 Å². The molecule has 3 aliphatic rings. The summed E-state index contributed by atoms with van der Waals surface area (Å²) >= 11 is 0. The average Bonchev–Trinajstić information content (AvgIpc) is 3.04. The quantitative estimate of drug-likeness (QED) is 0.858. The van der Waals surface area contributed by atoms with Crippen molar-refractivity contribution < 1.29 is 9.59 Å². The van der Waals surface area contributed by atoms with E-state index >= 15 is 0 Å². The SMILES string of the molecule is C[C@@H]1c2[nH]c3ccccc3c2C[C@H]2C(=O)N(C3CCCCC3)CC(=O)N12. The van der Waals surface area contributed by atoms with E-state index in [4.69, 9.17) is 0 Å². The Morgan fingerprint density at radius 1 is 1.08 bits per heavy atom. The van der Waals surface area contributed by atoms with Gasteiger partial charge in [0.1, 0.15) is 12.6 Å². The molecule has 1 saturated carbocycles. The Hall–Kier alpha value is -2.30. The number of carbonyl (C=O) groups excluding carboxylic acids is 2. The van der Waals surface area contributed by atoms with E-state index in [1.165, 1.54) is 30.2 Å². The smallest absolute Gasteiger partial charge is 0.246 e. The Morgan fingerprint density at radius 3 is 2.65 bits per heavy atom. The van der Waals surface area contributed by atoms with Gasteiger partial charge in [0, 0.05) is 29.1 Å². The zero-order chi connectivity index (χ0) is 17.8. The average molecular weight is 351 g/mol. The second-order valence-corrected chi connectivity index (χ2v) is 8.02. The molecule has 3 heterocycles. The van der Waals surface area contributed by atoms with Crippen LogP contribution in [0.15, 0.2) is 24.3 Å². The maximum absolute atomic E-state index is 13.3. The maximum atomic E-state index is 13.3. The molecule has 2 fully saturated rings. The van der Waals surface area contributed by atoms with Crippen molar-refractivity contribution in [1.29, 1.82) is 0 Å². The first-order valence-corrected chi connectivity index (χ1v) is 9.86. The van der Waals surface area contributed by atoms with Crippen LogP contribution in [-0.4, -0.2) is 45.2 Å². The van der Waals surface area contributed by atoms with Crippen molar-refractivity contribution >= 4 is 22.7 Å². The van der Waals surface area contributed by atoms with Crippen molar-refractivity contribution in [1.82, 2.24) is 14.8 Å². The van der Waals surface area contributed by atoms with Gasteiger partial charge in [0.25, 0.3) is 0 Å². The standard InChI is InChI=1S/C21H25N3O2/c1-13-20-16(15-9-5-6-10-17(15)22-20)11-18-21(26)23(12-19(25)24(13)18)14-7-3-2-4-8-14/h5-6,9-10,13-14,18,22H,2-4,7-8,11-12H2,1H3/t13-,18+/m1/s1. The van der Waals surface area contributed by atoms with Crippen LogP contribution in [0.1, 0.15) is 56.3 Å². The van der Waals surface area contributed by atoms with Crippen molar-refractivity contribution in [2.24, 2.45) is 0 Å². The van der Waals surface area contributed by atoms with Gasteiger partial charge in [-0.3, -0.25) is 9.59 Å². The lowest BCUT2D eigenvalue weighted by Crippen LogP contribution is -2.64. The van der Waals surface area contributed by atoms with Crippen LogP contribution < -0.4 is 0 Å². The molecule has 5 nitrogen and oxygen atoms in total. The Bertz CT molecular complexity index is 881. The Labute approximate surface area is 153 Å². The molecule has 26 heavy (non-hydrogen) atoms. The van der Waals surface area contributed by atoms with E-state index in [-0.39, 0.29) is 36.5 Å². The summed E-state index contributed by atoms with van der Waals surface area (Å²) in [5.41, 5.74) is 3.39. The highest BCUT2D eigenvalue weighted by Gasteiger charge is 2.47. The fourth-order valence-corrected chi connectivity index (χ4v) is 5.29. The number of piperazine rings is 1. The number of para-hydroxylation sites is 1. The summed E-state index contributed by atoms with van der Waals surface area (Å²) in [6.45, 7) is 2.29. The number of H-pyrrole nitrogens is 1. The van der Waals surface area contributed by atoms with Gasteiger partial charge in [-0.15, -0.1) is 0 Å². The van der Waals surface area contributed by atoms with E-state index in [1.54, 1.807) is 0 Å². The van der Waals surface area contributed by atoms with Crippen LogP contribution >= 0.6 is 0 Å². The fourth-order valence-electron chi connectivity index (χ4n) is 5.29. The third-order valence-electron chi connectivity index (χ3n) is 6.59. The molecular formula is C21H25N3O2. The summed E-state index contributed by atoms with van der Waals surface area (Å²) in [6.07, 6.45) is 6.29. The molecule has 1 aromatic carbocycles. The second kappa shape index (κ2) is 5.86. The zero-order valence-corrected chi connectivity index (χ0v) is 15.2. The largest absolute Gasteiger partial charge is 0.356 e. The topological polar surface area (TPSA) is 56.4 Å². The molecule has 0 spiro atoms. The van der Waals surface area contributed by atoms with Crippen LogP contribution in [0.2, 0.25) is 0 Å². The lowest BCUT2D eigenvalue weighted by Gasteiger charge is -2.48.